The maximum Gasteiger partial charge on any atom is 0.308 e. The number of fused-ring (bicyclic) bond motifs is 1. The van der Waals surface area contributed by atoms with Gasteiger partial charge in [-0.1, -0.05) is 0 Å². The van der Waals surface area contributed by atoms with Gasteiger partial charge in [-0.25, -0.2) is 0 Å². The second-order valence-electron chi connectivity index (χ2n) is 5.42. The van der Waals surface area contributed by atoms with Gasteiger partial charge in [-0.05, 0) is 25.5 Å². The minimum Gasteiger partial charge on any atom is -0.426 e. The Morgan fingerprint density at radius 3 is 2.71 bits per heavy atom. The molecule has 3 rings (SSSR count). The third-order valence-corrected chi connectivity index (χ3v) is 3.85. The molecule has 1 unspecified atom stereocenters. The van der Waals surface area contributed by atoms with E-state index in [0.29, 0.717) is 12.2 Å². The van der Waals surface area contributed by atoms with Crippen LogP contribution in [0.4, 0.5) is 0 Å². The molecule has 1 aromatic carbocycles. The zero-order chi connectivity index (χ0) is 15.1. The van der Waals surface area contributed by atoms with Crippen molar-refractivity contribution in [3.8, 4) is 5.75 Å². The molecule has 21 heavy (non-hydrogen) atoms. The highest BCUT2D eigenvalue weighted by Crippen LogP contribution is 2.36. The number of ether oxygens (including phenoxy) is 2. The molecule has 1 N–H and O–H groups in total. The first-order chi connectivity index (χ1) is 9.97. The molecular formula is C16H17NO4. The van der Waals surface area contributed by atoms with Gasteiger partial charge in [-0.3, -0.25) is 9.59 Å². The summed E-state index contributed by atoms with van der Waals surface area (Å²) >= 11 is 0. The van der Waals surface area contributed by atoms with E-state index in [4.69, 9.17) is 9.47 Å². The van der Waals surface area contributed by atoms with E-state index < -0.39 is 0 Å². The molecule has 1 aromatic heterocycles. The molecule has 110 valence electrons. The Hall–Kier alpha value is -2.14. The second-order valence-corrected chi connectivity index (χ2v) is 5.42. The summed E-state index contributed by atoms with van der Waals surface area (Å²) in [7, 11) is 0. The first-order valence-electron chi connectivity index (χ1n) is 6.92. The highest BCUT2D eigenvalue weighted by molar-refractivity contribution is 5.89. The molecule has 0 aliphatic carbocycles. The maximum atomic E-state index is 11.6. The van der Waals surface area contributed by atoms with E-state index in [0.717, 1.165) is 34.2 Å². The Morgan fingerprint density at radius 2 is 2.10 bits per heavy atom. The van der Waals surface area contributed by atoms with Crippen LogP contribution in [-0.2, 0) is 16.0 Å². The number of pyridine rings is 1. The molecule has 2 aromatic rings. The quantitative estimate of drug-likeness (QED) is 0.532. The predicted octanol–water partition coefficient (Wildman–Crippen LogP) is 2.01. The van der Waals surface area contributed by atoms with E-state index in [1.165, 1.54) is 13.0 Å². The van der Waals surface area contributed by atoms with Crippen LogP contribution < -0.4 is 10.3 Å². The van der Waals surface area contributed by atoms with Crippen molar-refractivity contribution in [2.24, 2.45) is 0 Å². The normalized spacial score (nSPS) is 17.0. The monoisotopic (exact) mass is 287 g/mol. The highest BCUT2D eigenvalue weighted by atomic mass is 16.6. The number of benzene rings is 1. The molecule has 5 heteroatoms. The average Bonchev–Trinajstić information content (AvgIpc) is 3.23. The number of rotatable bonds is 3. The van der Waals surface area contributed by atoms with E-state index in [1.807, 2.05) is 13.8 Å². The van der Waals surface area contributed by atoms with E-state index in [-0.39, 0.29) is 17.6 Å². The molecule has 0 radical (unpaired) electrons. The van der Waals surface area contributed by atoms with Gasteiger partial charge in [0.1, 0.15) is 5.75 Å². The fourth-order valence-corrected chi connectivity index (χ4v) is 2.69. The number of carbonyl (C=O) groups excluding carboxylic acids is 1. The minimum atomic E-state index is -0.348. The first-order valence-corrected chi connectivity index (χ1v) is 6.92. The smallest absolute Gasteiger partial charge is 0.308 e. The number of aromatic amines is 1. The van der Waals surface area contributed by atoms with Gasteiger partial charge in [0.2, 0.25) is 5.56 Å². The van der Waals surface area contributed by atoms with Crippen molar-refractivity contribution in [2.75, 3.05) is 6.61 Å². The average molecular weight is 287 g/mol. The topological polar surface area (TPSA) is 71.7 Å². The van der Waals surface area contributed by atoms with Crippen LogP contribution in [0.2, 0.25) is 0 Å². The zero-order valence-corrected chi connectivity index (χ0v) is 12.3. The number of aryl methyl sites for hydroxylation is 2. The van der Waals surface area contributed by atoms with Gasteiger partial charge in [0, 0.05) is 35.9 Å². The molecule has 1 fully saturated rings. The summed E-state index contributed by atoms with van der Waals surface area (Å²) in [5.41, 5.74) is 3.38. The summed E-state index contributed by atoms with van der Waals surface area (Å²) in [4.78, 5) is 25.9. The van der Waals surface area contributed by atoms with E-state index in [1.54, 1.807) is 6.07 Å². The Morgan fingerprint density at radius 1 is 1.38 bits per heavy atom. The van der Waals surface area contributed by atoms with E-state index in [2.05, 4.69) is 4.98 Å². The van der Waals surface area contributed by atoms with Crippen molar-refractivity contribution in [3.05, 3.63) is 39.2 Å². The Balaban J connectivity index is 2.29. The lowest BCUT2D eigenvalue weighted by Crippen LogP contribution is -2.11. The number of esters is 1. The third-order valence-electron chi connectivity index (χ3n) is 3.85. The summed E-state index contributed by atoms with van der Waals surface area (Å²) in [5, 5.41) is 0.892. The molecule has 0 spiro atoms. The van der Waals surface area contributed by atoms with Crippen LogP contribution in [-0.4, -0.2) is 23.7 Å². The highest BCUT2D eigenvalue weighted by Gasteiger charge is 2.27. The van der Waals surface area contributed by atoms with Crippen molar-refractivity contribution >= 4 is 16.9 Å². The molecule has 1 saturated heterocycles. The summed E-state index contributed by atoms with van der Waals surface area (Å²) in [6.07, 6.45) is 0.854. The van der Waals surface area contributed by atoms with Crippen molar-refractivity contribution in [1.29, 1.82) is 0 Å². The number of aromatic nitrogens is 1. The van der Waals surface area contributed by atoms with Crippen molar-refractivity contribution in [1.82, 2.24) is 4.98 Å². The Kier molecular flexibility index (Phi) is 3.29. The molecule has 0 bridgehead atoms. The number of nitrogens with one attached hydrogen (secondary N) is 1. The number of carbonyl (C=O) groups is 1. The third kappa shape index (κ3) is 2.56. The summed E-state index contributed by atoms with van der Waals surface area (Å²) in [6, 6.07) is 3.25. The SMILES string of the molecule is CC(=O)Oc1c(CC2CO2)c(C)c2[nH]c(=O)ccc2c1C. The van der Waals surface area contributed by atoms with Crippen LogP contribution in [0.15, 0.2) is 16.9 Å². The molecular weight excluding hydrogens is 270 g/mol. The lowest BCUT2D eigenvalue weighted by Gasteiger charge is -2.17. The predicted molar refractivity (Wildman–Crippen MR) is 78.8 cm³/mol. The van der Waals surface area contributed by atoms with Crippen molar-refractivity contribution in [2.45, 2.75) is 33.3 Å². The fourth-order valence-electron chi connectivity index (χ4n) is 2.69. The van der Waals surface area contributed by atoms with Gasteiger partial charge < -0.3 is 14.5 Å². The van der Waals surface area contributed by atoms with Gasteiger partial charge in [0.05, 0.1) is 18.2 Å². The van der Waals surface area contributed by atoms with Crippen molar-refractivity contribution < 1.29 is 14.3 Å². The molecule has 5 nitrogen and oxygen atoms in total. The van der Waals surface area contributed by atoms with Crippen LogP contribution in [0.3, 0.4) is 0 Å². The molecule has 1 aliphatic heterocycles. The van der Waals surface area contributed by atoms with Crippen LogP contribution in [0, 0.1) is 13.8 Å². The van der Waals surface area contributed by atoms with Gasteiger partial charge in [-0.15, -0.1) is 0 Å². The largest absolute Gasteiger partial charge is 0.426 e. The zero-order valence-electron chi connectivity index (χ0n) is 12.3. The summed E-state index contributed by atoms with van der Waals surface area (Å²) in [5.74, 6) is 0.245. The van der Waals surface area contributed by atoms with Crippen LogP contribution in [0.5, 0.6) is 5.75 Å². The molecule has 2 heterocycles. The fraction of sp³-hybridized carbons (Fsp3) is 0.375. The molecule has 0 saturated carbocycles. The number of epoxide rings is 1. The summed E-state index contributed by atoms with van der Waals surface area (Å²) in [6.45, 7) is 5.95. The maximum absolute atomic E-state index is 11.6. The van der Waals surface area contributed by atoms with E-state index >= 15 is 0 Å². The Bertz CT molecular complexity index is 787. The lowest BCUT2D eigenvalue weighted by molar-refractivity contribution is -0.131. The molecule has 1 aliphatic rings. The number of hydrogen-bond acceptors (Lipinski definition) is 4. The minimum absolute atomic E-state index is 0.140. The van der Waals surface area contributed by atoms with Crippen LogP contribution in [0.25, 0.3) is 10.9 Å². The van der Waals surface area contributed by atoms with Gasteiger partial charge in [0.15, 0.2) is 0 Å². The van der Waals surface area contributed by atoms with Gasteiger partial charge in [-0.2, -0.15) is 0 Å². The number of hydrogen-bond donors (Lipinski definition) is 1. The molecule has 0 amide bonds. The standard InChI is InChI=1S/C16H17NO4/c1-8-13(6-11-7-20-11)16(21-10(3)18)9(2)12-4-5-14(19)17-15(8)12/h4-5,11H,6-7H2,1-3H3,(H,17,19). The second kappa shape index (κ2) is 5.00. The van der Waals surface area contributed by atoms with Crippen LogP contribution >= 0.6 is 0 Å². The number of H-pyrrole nitrogens is 1. The lowest BCUT2D eigenvalue weighted by atomic mass is 9.95. The molecule has 1 atom stereocenters. The van der Waals surface area contributed by atoms with Gasteiger partial charge >= 0.3 is 5.97 Å². The summed E-state index contributed by atoms with van der Waals surface area (Å²) < 4.78 is 10.7. The van der Waals surface area contributed by atoms with Gasteiger partial charge in [0.25, 0.3) is 0 Å². The Labute approximate surface area is 121 Å². The van der Waals surface area contributed by atoms with Crippen molar-refractivity contribution in [3.63, 3.8) is 0 Å². The first kappa shape index (κ1) is 13.8. The van der Waals surface area contributed by atoms with Crippen LogP contribution in [0.1, 0.15) is 23.6 Å². The van der Waals surface area contributed by atoms with E-state index in [9.17, 15) is 9.59 Å².